The molecule has 1 aromatic heterocycles. The predicted octanol–water partition coefficient (Wildman–Crippen LogP) is 2.64. The summed E-state index contributed by atoms with van der Waals surface area (Å²) in [7, 11) is 0. The fraction of sp³-hybridized carbons (Fsp3) is 0.294. The molecule has 1 heterocycles. The van der Waals surface area contributed by atoms with E-state index in [1.807, 2.05) is 42.5 Å². The van der Waals surface area contributed by atoms with Gasteiger partial charge in [0.2, 0.25) is 0 Å². The molecule has 0 saturated carbocycles. The van der Waals surface area contributed by atoms with Crippen molar-refractivity contribution >= 4 is 22.6 Å². The Bertz CT molecular complexity index is 830. The van der Waals surface area contributed by atoms with Gasteiger partial charge in [0.1, 0.15) is 5.75 Å². The van der Waals surface area contributed by atoms with Crippen LogP contribution in [0.15, 0.2) is 42.5 Å². The maximum atomic E-state index is 11.9. The van der Waals surface area contributed by atoms with E-state index in [1.165, 1.54) is 4.80 Å². The fourth-order valence-electron chi connectivity index (χ4n) is 2.25. The summed E-state index contributed by atoms with van der Waals surface area (Å²) >= 11 is 0. The third-order valence-electron chi connectivity index (χ3n) is 3.51. The summed E-state index contributed by atoms with van der Waals surface area (Å²) in [6.07, 6.45) is 2.01. The zero-order valence-corrected chi connectivity index (χ0v) is 13.5. The van der Waals surface area contributed by atoms with E-state index in [2.05, 4.69) is 27.7 Å². The van der Waals surface area contributed by atoms with Crippen LogP contribution < -0.4 is 10.1 Å². The van der Waals surface area contributed by atoms with Crippen LogP contribution in [0.3, 0.4) is 0 Å². The summed E-state index contributed by atoms with van der Waals surface area (Å²) in [6, 6.07) is 13.7. The minimum Gasteiger partial charge on any atom is -0.484 e. The van der Waals surface area contributed by atoms with Crippen molar-refractivity contribution in [3.63, 3.8) is 0 Å². The highest BCUT2D eigenvalue weighted by Crippen LogP contribution is 2.20. The Kier molecular flexibility index (Phi) is 5.00. The number of hydrogen-bond acceptors (Lipinski definition) is 5. The summed E-state index contributed by atoms with van der Waals surface area (Å²) in [5.41, 5.74) is 0. The Hall–Kier alpha value is -2.96. The molecule has 0 spiro atoms. The van der Waals surface area contributed by atoms with Gasteiger partial charge in [-0.25, -0.2) is 0 Å². The maximum absolute atomic E-state index is 11.9. The van der Waals surface area contributed by atoms with Gasteiger partial charge in [-0.1, -0.05) is 48.8 Å². The van der Waals surface area contributed by atoms with E-state index >= 15 is 0 Å². The van der Waals surface area contributed by atoms with Crippen LogP contribution >= 0.6 is 0 Å². The monoisotopic (exact) mass is 325 g/mol. The van der Waals surface area contributed by atoms with E-state index < -0.39 is 0 Å². The van der Waals surface area contributed by atoms with Crippen molar-refractivity contribution in [2.24, 2.45) is 0 Å². The van der Waals surface area contributed by atoms with E-state index in [9.17, 15) is 4.79 Å². The molecule has 2 aromatic carbocycles. The van der Waals surface area contributed by atoms with E-state index in [0.29, 0.717) is 12.3 Å². The number of rotatable bonds is 7. The number of carbonyl (C=O) groups is 1. The molecular formula is C17H19N5O2. The van der Waals surface area contributed by atoms with Gasteiger partial charge in [0.05, 0.1) is 6.54 Å². The topological polar surface area (TPSA) is 81.9 Å². The summed E-state index contributed by atoms with van der Waals surface area (Å²) in [5, 5.41) is 16.5. The van der Waals surface area contributed by atoms with Gasteiger partial charge in [-0.2, -0.15) is 4.80 Å². The molecule has 24 heavy (non-hydrogen) atoms. The van der Waals surface area contributed by atoms with Crippen molar-refractivity contribution in [3.05, 3.63) is 42.5 Å². The number of ether oxygens (including phenoxy) is 1. The number of hydrogen-bond donors (Lipinski definition) is 1. The van der Waals surface area contributed by atoms with E-state index in [-0.39, 0.29) is 18.5 Å². The number of carbonyl (C=O) groups excluding carboxylic acids is 1. The largest absolute Gasteiger partial charge is 0.484 e. The summed E-state index contributed by atoms with van der Waals surface area (Å²) in [4.78, 5) is 13.4. The normalized spacial score (nSPS) is 10.7. The molecule has 0 aliphatic heterocycles. The van der Waals surface area contributed by atoms with Crippen LogP contribution in [0.2, 0.25) is 0 Å². The van der Waals surface area contributed by atoms with Crippen molar-refractivity contribution in [2.75, 3.05) is 11.9 Å². The van der Waals surface area contributed by atoms with E-state index in [4.69, 9.17) is 4.74 Å². The number of nitrogens with zero attached hydrogens (tertiary/aromatic N) is 4. The molecule has 0 bridgehead atoms. The minimum absolute atomic E-state index is 0.109. The molecule has 0 atom stereocenters. The number of anilines is 1. The number of benzene rings is 2. The Labute approximate surface area is 139 Å². The van der Waals surface area contributed by atoms with Crippen LogP contribution in [0.1, 0.15) is 19.8 Å². The average Bonchev–Trinajstić information content (AvgIpc) is 3.05. The van der Waals surface area contributed by atoms with Crippen LogP contribution in [0.25, 0.3) is 10.8 Å². The molecule has 7 nitrogen and oxygen atoms in total. The highest BCUT2D eigenvalue weighted by Gasteiger charge is 2.08. The van der Waals surface area contributed by atoms with Crippen molar-refractivity contribution < 1.29 is 9.53 Å². The van der Waals surface area contributed by atoms with Crippen LogP contribution in [-0.4, -0.2) is 32.7 Å². The average molecular weight is 325 g/mol. The second-order valence-corrected chi connectivity index (χ2v) is 5.41. The molecule has 3 aromatic rings. The SMILES string of the molecule is CCCCn1nnc(NC(=O)COc2ccc3ccccc3c2)n1. The summed E-state index contributed by atoms with van der Waals surface area (Å²) < 4.78 is 5.52. The third-order valence-corrected chi connectivity index (χ3v) is 3.51. The van der Waals surface area contributed by atoms with Crippen molar-refractivity contribution in [1.29, 1.82) is 0 Å². The lowest BCUT2D eigenvalue weighted by Crippen LogP contribution is -2.21. The number of nitrogens with one attached hydrogen (secondary N) is 1. The fourth-order valence-corrected chi connectivity index (χ4v) is 2.25. The van der Waals surface area contributed by atoms with Crippen molar-refractivity contribution in [3.8, 4) is 5.75 Å². The quantitative estimate of drug-likeness (QED) is 0.722. The first-order valence-corrected chi connectivity index (χ1v) is 7.94. The molecule has 0 fully saturated rings. The van der Waals surface area contributed by atoms with Gasteiger partial charge in [0, 0.05) is 0 Å². The lowest BCUT2D eigenvalue weighted by molar-refractivity contribution is -0.118. The molecule has 0 aliphatic rings. The predicted molar refractivity (Wildman–Crippen MR) is 90.8 cm³/mol. The molecule has 124 valence electrons. The third kappa shape index (κ3) is 4.07. The Morgan fingerprint density at radius 3 is 2.88 bits per heavy atom. The Balaban J connectivity index is 1.53. The standard InChI is InChI=1S/C17H19N5O2/c1-2-3-10-22-20-17(19-21-22)18-16(23)12-24-15-9-8-13-6-4-5-7-14(13)11-15/h4-9,11H,2-3,10,12H2,1H3,(H,18,20,23). The Morgan fingerprint density at radius 1 is 1.21 bits per heavy atom. The van der Waals surface area contributed by atoms with Gasteiger partial charge < -0.3 is 4.74 Å². The second-order valence-electron chi connectivity index (χ2n) is 5.41. The van der Waals surface area contributed by atoms with Crippen LogP contribution in [-0.2, 0) is 11.3 Å². The number of fused-ring (bicyclic) bond motifs is 1. The molecule has 0 unspecified atom stereocenters. The molecule has 1 N–H and O–H groups in total. The number of amides is 1. The first kappa shape index (κ1) is 15.9. The zero-order valence-electron chi connectivity index (χ0n) is 13.5. The zero-order chi connectivity index (χ0) is 16.8. The first-order valence-electron chi connectivity index (χ1n) is 7.94. The molecule has 7 heteroatoms. The molecule has 1 amide bonds. The van der Waals surface area contributed by atoms with E-state index in [1.54, 1.807) is 0 Å². The summed E-state index contributed by atoms with van der Waals surface area (Å²) in [5.74, 6) is 0.514. The Morgan fingerprint density at radius 2 is 2.04 bits per heavy atom. The van der Waals surface area contributed by atoms with E-state index in [0.717, 1.165) is 23.6 Å². The van der Waals surface area contributed by atoms with Crippen LogP contribution in [0.4, 0.5) is 5.95 Å². The van der Waals surface area contributed by atoms with Gasteiger partial charge in [-0.3, -0.25) is 10.1 Å². The van der Waals surface area contributed by atoms with Crippen molar-refractivity contribution in [1.82, 2.24) is 20.2 Å². The number of aromatic nitrogens is 4. The molecule has 0 radical (unpaired) electrons. The van der Waals surface area contributed by atoms with Crippen LogP contribution in [0.5, 0.6) is 5.75 Å². The molecular weight excluding hydrogens is 306 g/mol. The summed E-state index contributed by atoms with van der Waals surface area (Å²) in [6.45, 7) is 2.67. The van der Waals surface area contributed by atoms with Gasteiger partial charge in [0.25, 0.3) is 11.9 Å². The first-order chi connectivity index (χ1) is 11.7. The number of unbranched alkanes of at least 4 members (excludes halogenated alkanes) is 1. The number of aryl methyl sites for hydroxylation is 1. The van der Waals surface area contributed by atoms with Gasteiger partial charge in [-0.15, -0.1) is 5.10 Å². The highest BCUT2D eigenvalue weighted by atomic mass is 16.5. The highest BCUT2D eigenvalue weighted by molar-refractivity contribution is 5.90. The molecule has 0 aliphatic carbocycles. The lowest BCUT2D eigenvalue weighted by Gasteiger charge is -2.06. The van der Waals surface area contributed by atoms with Gasteiger partial charge >= 0.3 is 0 Å². The lowest BCUT2D eigenvalue weighted by atomic mass is 10.1. The number of tetrazole rings is 1. The molecule has 0 saturated heterocycles. The maximum Gasteiger partial charge on any atom is 0.270 e. The molecule has 3 rings (SSSR count). The smallest absolute Gasteiger partial charge is 0.270 e. The van der Waals surface area contributed by atoms with Crippen molar-refractivity contribution in [2.45, 2.75) is 26.3 Å². The van der Waals surface area contributed by atoms with Crippen LogP contribution in [0, 0.1) is 0 Å². The minimum atomic E-state index is -0.321. The second kappa shape index (κ2) is 7.54. The van der Waals surface area contributed by atoms with Gasteiger partial charge in [-0.05, 0) is 34.5 Å². The van der Waals surface area contributed by atoms with Gasteiger partial charge in [0.15, 0.2) is 6.61 Å².